The Balaban J connectivity index is 2.11. The molecule has 0 fully saturated rings. The minimum absolute atomic E-state index is 0.102. The van der Waals surface area contributed by atoms with Crippen molar-refractivity contribution in [1.29, 1.82) is 0 Å². The molecule has 3 aromatic rings. The number of hydrogen-bond acceptors (Lipinski definition) is 1. The van der Waals surface area contributed by atoms with Gasteiger partial charge < -0.3 is 5.32 Å². The predicted octanol–water partition coefficient (Wildman–Crippen LogP) is 4.94. The lowest BCUT2D eigenvalue weighted by Crippen LogP contribution is -2.46. The van der Waals surface area contributed by atoms with Crippen molar-refractivity contribution in [3.63, 3.8) is 0 Å². The Labute approximate surface area is 148 Å². The maximum atomic E-state index is 12.9. The van der Waals surface area contributed by atoms with Gasteiger partial charge in [-0.2, -0.15) is 0 Å². The number of carbonyl (C=O) groups is 1. The number of nitrogens with one attached hydrogen (secondary N) is 1. The summed E-state index contributed by atoms with van der Waals surface area (Å²) in [6, 6.07) is 29.4. The molecule has 0 saturated heterocycles. The second-order valence-electron chi connectivity index (χ2n) is 5.95. The highest BCUT2D eigenvalue weighted by Crippen LogP contribution is 2.33. The summed E-state index contributed by atoms with van der Waals surface area (Å²) >= 11 is 0. The van der Waals surface area contributed by atoms with Gasteiger partial charge >= 0.3 is 0 Å². The summed E-state index contributed by atoms with van der Waals surface area (Å²) < 4.78 is 0. The van der Waals surface area contributed by atoms with Crippen LogP contribution >= 0.6 is 0 Å². The molecule has 3 rings (SSSR count). The lowest BCUT2D eigenvalue weighted by Gasteiger charge is -2.35. The quantitative estimate of drug-likeness (QED) is 0.639. The van der Waals surface area contributed by atoms with Crippen LogP contribution in [0.4, 0.5) is 0 Å². The third-order valence-corrected chi connectivity index (χ3v) is 4.35. The van der Waals surface area contributed by atoms with Crippen LogP contribution in [-0.2, 0) is 5.54 Å². The summed E-state index contributed by atoms with van der Waals surface area (Å²) in [5, 5.41) is 3.27. The lowest BCUT2D eigenvalue weighted by atomic mass is 9.79. The molecule has 0 aliphatic heterocycles. The summed E-state index contributed by atoms with van der Waals surface area (Å²) in [6.45, 7) is 3.93. The van der Waals surface area contributed by atoms with Gasteiger partial charge in [0, 0.05) is 5.56 Å². The number of rotatable bonds is 6. The van der Waals surface area contributed by atoms with Gasteiger partial charge in [0.25, 0.3) is 5.91 Å². The molecule has 0 radical (unpaired) electrons. The van der Waals surface area contributed by atoms with Crippen molar-refractivity contribution in [2.45, 2.75) is 12.0 Å². The smallest absolute Gasteiger partial charge is 0.252 e. The van der Waals surface area contributed by atoms with Crippen molar-refractivity contribution in [2.24, 2.45) is 0 Å². The van der Waals surface area contributed by atoms with E-state index in [1.165, 1.54) is 0 Å². The maximum absolute atomic E-state index is 12.9. The largest absolute Gasteiger partial charge is 0.338 e. The number of carbonyl (C=O) groups excluding carboxylic acids is 1. The molecule has 0 saturated carbocycles. The molecule has 2 heteroatoms. The van der Waals surface area contributed by atoms with E-state index in [0.717, 1.165) is 11.1 Å². The van der Waals surface area contributed by atoms with E-state index in [9.17, 15) is 4.79 Å². The molecule has 1 amide bonds. The molecule has 0 bridgehead atoms. The lowest BCUT2D eigenvalue weighted by molar-refractivity contribution is 0.0913. The highest BCUT2D eigenvalue weighted by atomic mass is 16.1. The molecule has 0 aliphatic rings. The van der Waals surface area contributed by atoms with Crippen LogP contribution in [0.2, 0.25) is 0 Å². The molecule has 25 heavy (non-hydrogen) atoms. The molecular formula is C23H21NO. The van der Waals surface area contributed by atoms with Crippen LogP contribution in [0.25, 0.3) is 0 Å². The molecule has 3 aromatic carbocycles. The van der Waals surface area contributed by atoms with E-state index in [-0.39, 0.29) is 5.91 Å². The van der Waals surface area contributed by atoms with Gasteiger partial charge in [-0.25, -0.2) is 0 Å². The fourth-order valence-electron chi connectivity index (χ4n) is 3.12. The Morgan fingerprint density at radius 2 is 1.24 bits per heavy atom. The average molecular weight is 327 g/mol. The SMILES string of the molecule is C=CCC(NC(=O)c1ccccc1)(c1ccccc1)c1ccccc1. The first-order chi connectivity index (χ1) is 12.3. The zero-order valence-corrected chi connectivity index (χ0v) is 14.1. The highest BCUT2D eigenvalue weighted by molar-refractivity contribution is 5.95. The van der Waals surface area contributed by atoms with Crippen LogP contribution in [0.5, 0.6) is 0 Å². The van der Waals surface area contributed by atoms with Crippen LogP contribution < -0.4 is 5.32 Å². The normalized spacial score (nSPS) is 10.9. The van der Waals surface area contributed by atoms with E-state index in [2.05, 4.69) is 11.9 Å². The third kappa shape index (κ3) is 3.53. The van der Waals surface area contributed by atoms with Gasteiger partial charge in [0.1, 0.15) is 0 Å². The van der Waals surface area contributed by atoms with E-state index in [1.807, 2.05) is 97.1 Å². The van der Waals surface area contributed by atoms with Crippen molar-refractivity contribution >= 4 is 5.91 Å². The Kier molecular flexibility index (Phi) is 5.10. The molecule has 2 nitrogen and oxygen atoms in total. The van der Waals surface area contributed by atoms with E-state index < -0.39 is 5.54 Å². The highest BCUT2D eigenvalue weighted by Gasteiger charge is 2.34. The molecule has 0 aliphatic carbocycles. The van der Waals surface area contributed by atoms with E-state index >= 15 is 0 Å². The Bertz CT molecular complexity index is 786. The topological polar surface area (TPSA) is 29.1 Å². The molecule has 0 aromatic heterocycles. The third-order valence-electron chi connectivity index (χ3n) is 4.35. The monoisotopic (exact) mass is 327 g/mol. The van der Waals surface area contributed by atoms with Gasteiger partial charge in [0.2, 0.25) is 0 Å². The molecule has 0 spiro atoms. The van der Waals surface area contributed by atoms with Crippen LogP contribution in [0, 0.1) is 0 Å². The minimum Gasteiger partial charge on any atom is -0.338 e. The second kappa shape index (κ2) is 7.63. The maximum Gasteiger partial charge on any atom is 0.252 e. The number of amides is 1. The molecular weight excluding hydrogens is 306 g/mol. The van der Waals surface area contributed by atoms with Gasteiger partial charge in [0.05, 0.1) is 5.54 Å². The predicted molar refractivity (Wildman–Crippen MR) is 102 cm³/mol. The first kappa shape index (κ1) is 16.7. The molecule has 124 valence electrons. The number of benzene rings is 3. The zero-order valence-electron chi connectivity index (χ0n) is 14.1. The average Bonchev–Trinajstić information content (AvgIpc) is 2.69. The van der Waals surface area contributed by atoms with E-state index in [4.69, 9.17) is 0 Å². The van der Waals surface area contributed by atoms with Gasteiger partial charge in [-0.1, -0.05) is 84.9 Å². The van der Waals surface area contributed by atoms with Gasteiger partial charge in [0.15, 0.2) is 0 Å². The summed E-state index contributed by atoms with van der Waals surface area (Å²) in [5.74, 6) is -0.102. The molecule has 0 atom stereocenters. The van der Waals surface area contributed by atoms with Crippen molar-refractivity contribution in [2.75, 3.05) is 0 Å². The molecule has 0 unspecified atom stereocenters. The minimum atomic E-state index is -0.656. The summed E-state index contributed by atoms with van der Waals surface area (Å²) in [4.78, 5) is 12.9. The summed E-state index contributed by atoms with van der Waals surface area (Å²) in [6.07, 6.45) is 2.45. The standard InChI is InChI=1S/C23H21NO/c1-2-18-23(20-14-8-4-9-15-20,21-16-10-5-11-17-21)24-22(25)19-12-6-3-7-13-19/h2-17H,1,18H2,(H,24,25). The number of hydrogen-bond donors (Lipinski definition) is 1. The van der Waals surface area contributed by atoms with Crippen LogP contribution in [0.1, 0.15) is 27.9 Å². The Morgan fingerprint density at radius 1 is 0.800 bits per heavy atom. The summed E-state index contributed by atoms with van der Waals surface area (Å²) in [5.41, 5.74) is 2.05. The summed E-state index contributed by atoms with van der Waals surface area (Å²) in [7, 11) is 0. The second-order valence-corrected chi connectivity index (χ2v) is 5.95. The molecule has 1 N–H and O–H groups in total. The van der Waals surface area contributed by atoms with Crippen molar-refractivity contribution in [3.8, 4) is 0 Å². The van der Waals surface area contributed by atoms with E-state index in [1.54, 1.807) is 0 Å². The fourth-order valence-corrected chi connectivity index (χ4v) is 3.12. The Morgan fingerprint density at radius 3 is 1.68 bits per heavy atom. The first-order valence-corrected chi connectivity index (χ1v) is 8.36. The van der Waals surface area contributed by atoms with Crippen LogP contribution in [0.3, 0.4) is 0 Å². The van der Waals surface area contributed by atoms with Crippen molar-refractivity contribution in [1.82, 2.24) is 5.32 Å². The van der Waals surface area contributed by atoms with Gasteiger partial charge in [-0.3, -0.25) is 4.79 Å². The van der Waals surface area contributed by atoms with E-state index in [0.29, 0.717) is 12.0 Å². The van der Waals surface area contributed by atoms with Crippen LogP contribution in [-0.4, -0.2) is 5.91 Å². The van der Waals surface area contributed by atoms with Gasteiger partial charge in [-0.15, -0.1) is 6.58 Å². The Hall–Kier alpha value is -3.13. The van der Waals surface area contributed by atoms with Crippen LogP contribution in [0.15, 0.2) is 104 Å². The van der Waals surface area contributed by atoms with Crippen molar-refractivity contribution in [3.05, 3.63) is 120 Å². The van der Waals surface area contributed by atoms with Gasteiger partial charge in [-0.05, 0) is 29.7 Å². The van der Waals surface area contributed by atoms with Crippen molar-refractivity contribution < 1.29 is 4.79 Å². The molecule has 0 heterocycles. The fraction of sp³-hybridized carbons (Fsp3) is 0.0870. The zero-order chi connectivity index (χ0) is 17.5. The first-order valence-electron chi connectivity index (χ1n) is 8.36.